The van der Waals surface area contributed by atoms with Crippen molar-refractivity contribution in [1.82, 2.24) is 10.1 Å². The first kappa shape index (κ1) is 13.7. The number of aryl methyl sites for hydroxylation is 1. The molecule has 8 nitrogen and oxygen atoms in total. The maximum Gasteiger partial charge on any atom is 0.379 e. The summed E-state index contributed by atoms with van der Waals surface area (Å²) in [6.45, 7) is 3.47. The molecule has 0 aliphatic rings. The molecule has 0 N–H and O–H groups in total. The van der Waals surface area contributed by atoms with Crippen molar-refractivity contribution in [2.45, 2.75) is 13.8 Å². The molecule has 0 amide bonds. The van der Waals surface area contributed by atoms with Crippen molar-refractivity contribution in [2.75, 3.05) is 6.61 Å². The third-order valence-corrected chi connectivity index (χ3v) is 2.54. The van der Waals surface area contributed by atoms with Gasteiger partial charge in [0.05, 0.1) is 11.5 Å². The van der Waals surface area contributed by atoms with E-state index in [1.807, 2.05) is 0 Å². The van der Waals surface area contributed by atoms with Crippen LogP contribution in [0.15, 0.2) is 22.7 Å². The topological polar surface area (TPSA) is 108 Å². The van der Waals surface area contributed by atoms with Crippen LogP contribution in [-0.2, 0) is 4.74 Å². The third kappa shape index (κ3) is 2.63. The van der Waals surface area contributed by atoms with Gasteiger partial charge in [-0.2, -0.15) is 4.98 Å². The molecular weight excluding hydrogens is 266 g/mol. The Balaban J connectivity index is 2.35. The number of carbonyl (C=O) groups excluding carboxylic acids is 1. The predicted molar refractivity (Wildman–Crippen MR) is 67.1 cm³/mol. The van der Waals surface area contributed by atoms with Gasteiger partial charge in [0.1, 0.15) is 0 Å². The lowest BCUT2D eigenvalue weighted by Crippen LogP contribution is -2.06. The number of nitro benzene ring substituents is 1. The second kappa shape index (κ2) is 5.47. The molecule has 1 aromatic heterocycles. The van der Waals surface area contributed by atoms with E-state index in [1.54, 1.807) is 26.0 Å². The Bertz CT molecular complexity index is 665. The lowest BCUT2D eigenvalue weighted by Gasteiger charge is -1.98. The summed E-state index contributed by atoms with van der Waals surface area (Å²) in [6, 6.07) is 4.49. The molecule has 8 heteroatoms. The van der Waals surface area contributed by atoms with E-state index < -0.39 is 10.9 Å². The Kier molecular flexibility index (Phi) is 3.74. The van der Waals surface area contributed by atoms with Crippen molar-refractivity contribution in [1.29, 1.82) is 0 Å². The number of rotatable bonds is 4. The quantitative estimate of drug-likeness (QED) is 0.478. The van der Waals surface area contributed by atoms with Crippen LogP contribution in [0.3, 0.4) is 0 Å². The van der Waals surface area contributed by atoms with Crippen molar-refractivity contribution < 1.29 is 19.0 Å². The average Bonchev–Trinajstić information content (AvgIpc) is 2.89. The van der Waals surface area contributed by atoms with Crippen LogP contribution in [-0.4, -0.2) is 27.6 Å². The zero-order chi connectivity index (χ0) is 14.7. The molecule has 0 spiro atoms. The van der Waals surface area contributed by atoms with Gasteiger partial charge in [-0.05, 0) is 25.1 Å². The minimum atomic E-state index is -0.705. The number of benzene rings is 1. The van der Waals surface area contributed by atoms with Crippen molar-refractivity contribution in [3.05, 3.63) is 39.7 Å². The highest BCUT2D eigenvalue weighted by Gasteiger charge is 2.19. The Morgan fingerprint density at radius 1 is 1.50 bits per heavy atom. The van der Waals surface area contributed by atoms with Gasteiger partial charge < -0.3 is 9.26 Å². The number of nitrogens with zero attached hydrogens (tertiary/aromatic N) is 3. The molecule has 0 aliphatic carbocycles. The number of esters is 1. The van der Waals surface area contributed by atoms with Crippen LogP contribution in [0.5, 0.6) is 0 Å². The van der Waals surface area contributed by atoms with E-state index >= 15 is 0 Å². The lowest BCUT2D eigenvalue weighted by atomic mass is 10.1. The van der Waals surface area contributed by atoms with E-state index in [2.05, 4.69) is 10.1 Å². The summed E-state index contributed by atoms with van der Waals surface area (Å²) in [5, 5.41) is 14.3. The molecular formula is C12H11N3O5. The molecule has 0 radical (unpaired) electrons. The van der Waals surface area contributed by atoms with Crippen molar-refractivity contribution in [2.24, 2.45) is 0 Å². The molecule has 2 aromatic rings. The van der Waals surface area contributed by atoms with Gasteiger partial charge in [0.2, 0.25) is 0 Å². The van der Waals surface area contributed by atoms with Crippen LogP contribution in [0.4, 0.5) is 5.69 Å². The highest BCUT2D eigenvalue weighted by Crippen LogP contribution is 2.25. The van der Waals surface area contributed by atoms with Gasteiger partial charge in [-0.1, -0.05) is 6.07 Å². The monoisotopic (exact) mass is 277 g/mol. The van der Waals surface area contributed by atoms with Gasteiger partial charge in [-0.3, -0.25) is 10.1 Å². The fraction of sp³-hybridized carbons (Fsp3) is 0.250. The number of aromatic nitrogens is 2. The molecule has 20 heavy (non-hydrogen) atoms. The Morgan fingerprint density at radius 3 is 2.90 bits per heavy atom. The molecule has 1 aromatic carbocycles. The van der Waals surface area contributed by atoms with Crippen molar-refractivity contribution in [3.8, 4) is 11.5 Å². The second-order valence-electron chi connectivity index (χ2n) is 3.90. The maximum absolute atomic E-state index is 11.4. The predicted octanol–water partition coefficient (Wildman–Crippen LogP) is 2.13. The van der Waals surface area contributed by atoms with Crippen LogP contribution in [0.2, 0.25) is 0 Å². The largest absolute Gasteiger partial charge is 0.460 e. The van der Waals surface area contributed by atoms with E-state index in [-0.39, 0.29) is 24.0 Å². The van der Waals surface area contributed by atoms with Crippen LogP contribution in [0, 0.1) is 17.0 Å². The molecule has 0 saturated carbocycles. The van der Waals surface area contributed by atoms with Crippen molar-refractivity contribution >= 4 is 11.7 Å². The van der Waals surface area contributed by atoms with Gasteiger partial charge in [0, 0.05) is 17.2 Å². The first-order valence-corrected chi connectivity index (χ1v) is 5.79. The Labute approximate surface area is 113 Å². The number of hydrogen-bond acceptors (Lipinski definition) is 7. The summed E-state index contributed by atoms with van der Waals surface area (Å²) >= 11 is 0. The smallest absolute Gasteiger partial charge is 0.379 e. The minimum Gasteiger partial charge on any atom is -0.460 e. The maximum atomic E-state index is 11.4. The highest BCUT2D eigenvalue weighted by atomic mass is 16.6. The normalized spacial score (nSPS) is 10.3. The van der Waals surface area contributed by atoms with Gasteiger partial charge >= 0.3 is 5.97 Å². The number of ether oxygens (including phenoxy) is 1. The van der Waals surface area contributed by atoms with E-state index in [0.29, 0.717) is 11.1 Å². The molecule has 0 fully saturated rings. The molecule has 104 valence electrons. The summed E-state index contributed by atoms with van der Waals surface area (Å²) in [4.78, 5) is 25.6. The Morgan fingerprint density at radius 2 is 2.25 bits per heavy atom. The fourth-order valence-electron chi connectivity index (χ4n) is 1.56. The standard InChI is InChI=1S/C12H11N3O5/c1-3-19-12(16)10-13-11(20-14-10)8-5-4-7(2)9(6-8)15(17)18/h4-6H,3H2,1-2H3. The molecule has 1 heterocycles. The van der Waals surface area contributed by atoms with Crippen molar-refractivity contribution in [3.63, 3.8) is 0 Å². The highest BCUT2D eigenvalue weighted by molar-refractivity contribution is 5.85. The SMILES string of the molecule is CCOC(=O)c1noc(-c2ccc(C)c([N+](=O)[O-])c2)n1. The fourth-order valence-corrected chi connectivity index (χ4v) is 1.56. The summed E-state index contributed by atoms with van der Waals surface area (Å²) < 4.78 is 9.63. The van der Waals surface area contributed by atoms with Crippen LogP contribution < -0.4 is 0 Å². The average molecular weight is 277 g/mol. The molecule has 0 unspecified atom stereocenters. The summed E-state index contributed by atoms with van der Waals surface area (Å²) in [5.41, 5.74) is 0.826. The third-order valence-electron chi connectivity index (χ3n) is 2.54. The van der Waals surface area contributed by atoms with Gasteiger partial charge in [-0.15, -0.1) is 0 Å². The molecule has 2 rings (SSSR count). The minimum absolute atomic E-state index is 0.0242. The van der Waals surface area contributed by atoms with Gasteiger partial charge in [-0.25, -0.2) is 4.79 Å². The Hall–Kier alpha value is -2.77. The van der Waals surface area contributed by atoms with Crippen LogP contribution in [0.25, 0.3) is 11.5 Å². The summed E-state index contributed by atoms with van der Waals surface area (Å²) in [7, 11) is 0. The van der Waals surface area contributed by atoms with Gasteiger partial charge in [0.15, 0.2) is 0 Å². The zero-order valence-electron chi connectivity index (χ0n) is 10.8. The number of nitro groups is 1. The number of hydrogen-bond donors (Lipinski definition) is 0. The summed E-state index contributed by atoms with van der Waals surface area (Å²) in [5.74, 6) is -0.898. The van der Waals surface area contributed by atoms with E-state index in [0.717, 1.165) is 0 Å². The van der Waals surface area contributed by atoms with Gasteiger partial charge in [0.25, 0.3) is 17.4 Å². The first-order valence-electron chi connectivity index (χ1n) is 5.79. The molecule has 0 bridgehead atoms. The second-order valence-corrected chi connectivity index (χ2v) is 3.90. The summed E-state index contributed by atoms with van der Waals surface area (Å²) in [6.07, 6.45) is 0. The van der Waals surface area contributed by atoms with E-state index in [9.17, 15) is 14.9 Å². The van der Waals surface area contributed by atoms with Crippen LogP contribution >= 0.6 is 0 Å². The number of carbonyl (C=O) groups is 1. The molecule has 0 atom stereocenters. The lowest BCUT2D eigenvalue weighted by molar-refractivity contribution is -0.385. The van der Waals surface area contributed by atoms with Crippen LogP contribution in [0.1, 0.15) is 23.1 Å². The van der Waals surface area contributed by atoms with E-state index in [1.165, 1.54) is 6.07 Å². The first-order chi connectivity index (χ1) is 9.52. The molecule has 0 saturated heterocycles. The van der Waals surface area contributed by atoms with E-state index in [4.69, 9.17) is 9.26 Å². The molecule has 0 aliphatic heterocycles. The zero-order valence-corrected chi connectivity index (χ0v) is 10.8.